The minimum absolute atomic E-state index is 0.0868. The summed E-state index contributed by atoms with van der Waals surface area (Å²) in [5.41, 5.74) is 0. The highest BCUT2D eigenvalue weighted by molar-refractivity contribution is 6.12. The van der Waals surface area contributed by atoms with Gasteiger partial charge in [-0.05, 0) is 86.9 Å². The Morgan fingerprint density at radius 3 is 1.86 bits per heavy atom. The van der Waals surface area contributed by atoms with Gasteiger partial charge in [-0.15, -0.1) is 0 Å². The zero-order valence-corrected chi connectivity index (χ0v) is 24.5. The first-order chi connectivity index (χ1) is 20.3. The number of unbranched alkanes of at least 4 members (excludes halogenated alkanes) is 4. The van der Waals surface area contributed by atoms with Crippen molar-refractivity contribution >= 4 is 35.6 Å². The van der Waals surface area contributed by atoms with Crippen LogP contribution in [0.3, 0.4) is 0 Å². The Kier molecular flexibility index (Phi) is 10.1. The molecule has 0 aromatic carbocycles. The number of hydrogen-bond acceptors (Lipinski definition) is 8. The van der Waals surface area contributed by atoms with E-state index in [-0.39, 0.29) is 35.6 Å². The highest BCUT2D eigenvalue weighted by Gasteiger charge is 2.56. The Hall–Kier alpha value is -3.04. The van der Waals surface area contributed by atoms with E-state index in [1.165, 1.54) is 28.4 Å². The maximum atomic E-state index is 12.3. The molecule has 2 heterocycles. The summed E-state index contributed by atoms with van der Waals surface area (Å²) in [5.74, 6) is 2.41. The molecule has 1 saturated heterocycles. The van der Waals surface area contributed by atoms with Crippen molar-refractivity contribution in [3.8, 4) is 0 Å². The van der Waals surface area contributed by atoms with Gasteiger partial charge < -0.3 is 9.47 Å². The van der Waals surface area contributed by atoms with Gasteiger partial charge in [-0.3, -0.25) is 38.6 Å². The second kappa shape index (κ2) is 14.0. The molecule has 6 unspecified atom stereocenters. The average molecular weight is 585 g/mol. The van der Waals surface area contributed by atoms with Crippen molar-refractivity contribution in [3.63, 3.8) is 0 Å². The minimum Gasteiger partial charge on any atom is -0.465 e. The van der Waals surface area contributed by atoms with Crippen molar-refractivity contribution in [1.82, 2.24) is 9.80 Å². The van der Waals surface area contributed by atoms with E-state index < -0.39 is 0 Å². The maximum absolute atomic E-state index is 12.3. The van der Waals surface area contributed by atoms with Crippen LogP contribution >= 0.6 is 0 Å². The molecule has 0 aromatic rings. The molecule has 10 nitrogen and oxygen atoms in total. The van der Waals surface area contributed by atoms with Gasteiger partial charge in [0.05, 0.1) is 13.2 Å². The molecule has 4 fully saturated rings. The van der Waals surface area contributed by atoms with E-state index in [2.05, 4.69) is 0 Å². The van der Waals surface area contributed by atoms with Crippen LogP contribution < -0.4 is 0 Å². The summed E-state index contributed by atoms with van der Waals surface area (Å²) in [4.78, 5) is 73.6. The van der Waals surface area contributed by atoms with Crippen molar-refractivity contribution < 1.29 is 38.2 Å². The van der Waals surface area contributed by atoms with E-state index in [0.29, 0.717) is 107 Å². The Morgan fingerprint density at radius 1 is 0.643 bits per heavy atom. The molecule has 2 bridgehead atoms. The summed E-state index contributed by atoms with van der Waals surface area (Å²) in [5, 5.41) is 0. The van der Waals surface area contributed by atoms with Crippen LogP contribution in [0.4, 0.5) is 0 Å². The van der Waals surface area contributed by atoms with E-state index in [9.17, 15) is 28.8 Å². The Morgan fingerprint density at radius 2 is 1.21 bits per heavy atom. The van der Waals surface area contributed by atoms with Gasteiger partial charge in [-0.1, -0.05) is 12.8 Å². The van der Waals surface area contributed by atoms with Crippen LogP contribution in [0.15, 0.2) is 12.2 Å². The SMILES string of the molecule is O=C(CCCCCN1C(=O)CCC1=O)OCC1CC2C3CC(COC(=O)CCCCCN4C(=O)C=CC4=O)C(C3)C2C1. The molecule has 10 heteroatoms. The summed E-state index contributed by atoms with van der Waals surface area (Å²) < 4.78 is 11.3. The number of hydrogen-bond donors (Lipinski definition) is 0. The second-order valence-corrected chi connectivity index (χ2v) is 12.9. The molecule has 3 saturated carbocycles. The lowest BCUT2D eigenvalue weighted by molar-refractivity contribution is -0.146. The van der Waals surface area contributed by atoms with Crippen molar-refractivity contribution in [3.05, 3.63) is 12.2 Å². The molecule has 5 aliphatic rings. The third-order valence-corrected chi connectivity index (χ3v) is 10.2. The highest BCUT2D eigenvalue weighted by Crippen LogP contribution is 2.62. The highest BCUT2D eigenvalue weighted by atomic mass is 16.5. The van der Waals surface area contributed by atoms with Crippen molar-refractivity contribution in [2.24, 2.45) is 35.5 Å². The number of imide groups is 2. The molecule has 5 rings (SSSR count). The average Bonchev–Trinajstić information content (AvgIpc) is 3.77. The number of likely N-dealkylation sites (tertiary alicyclic amines) is 1. The summed E-state index contributed by atoms with van der Waals surface area (Å²) in [6.45, 7) is 1.82. The topological polar surface area (TPSA) is 127 Å². The van der Waals surface area contributed by atoms with E-state index >= 15 is 0 Å². The fourth-order valence-corrected chi connectivity index (χ4v) is 8.16. The van der Waals surface area contributed by atoms with E-state index in [1.54, 1.807) is 0 Å². The van der Waals surface area contributed by atoms with Crippen LogP contribution in [-0.2, 0) is 38.2 Å². The zero-order chi connectivity index (χ0) is 29.6. The lowest BCUT2D eigenvalue weighted by Gasteiger charge is -2.31. The fraction of sp³-hybridized carbons (Fsp3) is 0.750. The van der Waals surface area contributed by atoms with Gasteiger partial charge in [0.2, 0.25) is 11.8 Å². The standard InChI is InChI=1S/C32H44N2O8/c35-27-9-10-28(36)33(27)13-5-1-3-7-31(39)41-19-21-15-24-22-17-23(25(18-22)26(24)16-21)20-42-32(40)8-4-2-6-14-34-29(37)11-12-30(34)38/h11-12,21-26H,1-10,13-20H2. The first-order valence-electron chi connectivity index (χ1n) is 16.0. The van der Waals surface area contributed by atoms with Crippen LogP contribution in [-0.4, -0.2) is 71.7 Å². The van der Waals surface area contributed by atoms with Crippen molar-refractivity contribution in [2.75, 3.05) is 26.3 Å². The molecule has 0 aromatic heterocycles. The second-order valence-electron chi connectivity index (χ2n) is 12.9. The number of ether oxygens (including phenoxy) is 2. The quantitative estimate of drug-likeness (QED) is 0.153. The molecule has 42 heavy (non-hydrogen) atoms. The normalized spacial score (nSPS) is 29.7. The molecule has 0 spiro atoms. The predicted molar refractivity (Wildman–Crippen MR) is 150 cm³/mol. The number of carbonyl (C=O) groups excluding carboxylic acids is 6. The van der Waals surface area contributed by atoms with Gasteiger partial charge in [-0.25, -0.2) is 0 Å². The Labute approximate surface area is 247 Å². The van der Waals surface area contributed by atoms with Crippen LogP contribution in [0.2, 0.25) is 0 Å². The minimum atomic E-state index is -0.265. The van der Waals surface area contributed by atoms with Gasteiger partial charge in [-0.2, -0.15) is 0 Å². The lowest BCUT2D eigenvalue weighted by Crippen LogP contribution is -2.30. The summed E-state index contributed by atoms with van der Waals surface area (Å²) in [6, 6.07) is 0. The molecule has 4 amide bonds. The van der Waals surface area contributed by atoms with Gasteiger partial charge in [0, 0.05) is 50.9 Å². The molecule has 0 radical (unpaired) electrons. The Bertz CT molecular complexity index is 1070. The van der Waals surface area contributed by atoms with E-state index in [1.807, 2.05) is 0 Å². The molecular weight excluding hydrogens is 540 g/mol. The molecule has 0 N–H and O–H groups in total. The van der Waals surface area contributed by atoms with E-state index in [0.717, 1.165) is 38.5 Å². The zero-order valence-electron chi connectivity index (χ0n) is 24.5. The monoisotopic (exact) mass is 584 g/mol. The number of esters is 2. The van der Waals surface area contributed by atoms with Crippen LogP contribution in [0.5, 0.6) is 0 Å². The van der Waals surface area contributed by atoms with E-state index in [4.69, 9.17) is 9.47 Å². The smallest absolute Gasteiger partial charge is 0.305 e. The van der Waals surface area contributed by atoms with Crippen LogP contribution in [0, 0.1) is 35.5 Å². The van der Waals surface area contributed by atoms with Crippen molar-refractivity contribution in [2.45, 2.75) is 89.9 Å². The number of rotatable bonds is 16. The first-order valence-corrected chi connectivity index (χ1v) is 16.0. The summed E-state index contributed by atoms with van der Waals surface area (Å²) in [6.07, 6.45) is 12.8. The molecule has 6 atom stereocenters. The first kappa shape index (κ1) is 30.4. The van der Waals surface area contributed by atoms with Crippen LogP contribution in [0.25, 0.3) is 0 Å². The van der Waals surface area contributed by atoms with Gasteiger partial charge in [0.15, 0.2) is 0 Å². The predicted octanol–water partition coefficient (Wildman–Crippen LogP) is 3.57. The van der Waals surface area contributed by atoms with Crippen LogP contribution in [0.1, 0.15) is 89.9 Å². The molecule has 3 aliphatic carbocycles. The van der Waals surface area contributed by atoms with Gasteiger partial charge in [0.1, 0.15) is 0 Å². The summed E-state index contributed by atoms with van der Waals surface area (Å²) in [7, 11) is 0. The number of nitrogens with zero attached hydrogens (tertiary/aromatic N) is 2. The van der Waals surface area contributed by atoms with Crippen molar-refractivity contribution in [1.29, 1.82) is 0 Å². The maximum Gasteiger partial charge on any atom is 0.305 e. The number of fused-ring (bicyclic) bond motifs is 5. The molecule has 2 aliphatic heterocycles. The molecular formula is C32H44N2O8. The van der Waals surface area contributed by atoms with Gasteiger partial charge >= 0.3 is 11.9 Å². The number of carbonyl (C=O) groups is 6. The third-order valence-electron chi connectivity index (χ3n) is 10.2. The fourth-order valence-electron chi connectivity index (χ4n) is 8.16. The largest absolute Gasteiger partial charge is 0.465 e. The van der Waals surface area contributed by atoms with Gasteiger partial charge in [0.25, 0.3) is 11.8 Å². The number of amides is 4. The lowest BCUT2D eigenvalue weighted by atomic mass is 9.76. The third kappa shape index (κ3) is 7.29. The summed E-state index contributed by atoms with van der Waals surface area (Å²) >= 11 is 0. The molecule has 230 valence electrons. The Balaban J connectivity index is 0.907.